The minimum absolute atomic E-state index is 0.0505. The minimum atomic E-state index is -0.0505. The van der Waals surface area contributed by atoms with Crippen LogP contribution < -0.4 is 0 Å². The molecule has 1 heteroatoms. The summed E-state index contributed by atoms with van der Waals surface area (Å²) >= 11 is 0. The molecule has 3 unspecified atom stereocenters. The molecule has 0 aliphatic heterocycles. The molecule has 0 radical (unpaired) electrons. The van der Waals surface area contributed by atoms with E-state index in [2.05, 4.69) is 13.8 Å². The lowest BCUT2D eigenvalue weighted by Gasteiger charge is -2.22. The Morgan fingerprint density at radius 1 is 1.21 bits per heavy atom. The first-order valence-electron chi connectivity index (χ1n) is 6.42. The van der Waals surface area contributed by atoms with Gasteiger partial charge in [0.05, 0.1) is 6.10 Å². The zero-order valence-electron chi connectivity index (χ0n) is 9.84. The van der Waals surface area contributed by atoms with Gasteiger partial charge in [0.1, 0.15) is 0 Å². The molecular weight excluding hydrogens is 172 g/mol. The molecule has 0 aromatic carbocycles. The molecule has 84 valence electrons. The van der Waals surface area contributed by atoms with Gasteiger partial charge in [-0.15, -0.1) is 0 Å². The van der Waals surface area contributed by atoms with Crippen LogP contribution in [0.2, 0.25) is 0 Å². The highest BCUT2D eigenvalue weighted by molar-refractivity contribution is 4.72. The maximum atomic E-state index is 9.55. The average Bonchev–Trinajstić information content (AvgIpc) is 2.39. The third-order valence-electron chi connectivity index (χ3n) is 3.88. The van der Waals surface area contributed by atoms with E-state index in [4.69, 9.17) is 0 Å². The van der Waals surface area contributed by atoms with Gasteiger partial charge in [-0.2, -0.15) is 0 Å². The predicted octanol–water partition coefficient (Wildman–Crippen LogP) is 3.75. The maximum Gasteiger partial charge on any atom is 0.0537 e. The van der Waals surface area contributed by atoms with Gasteiger partial charge in [0.25, 0.3) is 0 Å². The van der Waals surface area contributed by atoms with Crippen molar-refractivity contribution in [2.75, 3.05) is 0 Å². The molecule has 1 N–H and O–H groups in total. The highest BCUT2D eigenvalue weighted by atomic mass is 16.3. The fourth-order valence-corrected chi connectivity index (χ4v) is 2.61. The van der Waals surface area contributed by atoms with Gasteiger partial charge in [-0.1, -0.05) is 46.0 Å². The molecule has 1 aliphatic carbocycles. The predicted molar refractivity (Wildman–Crippen MR) is 61.3 cm³/mol. The topological polar surface area (TPSA) is 20.2 Å². The zero-order chi connectivity index (χ0) is 10.4. The van der Waals surface area contributed by atoms with Crippen LogP contribution in [0.3, 0.4) is 0 Å². The van der Waals surface area contributed by atoms with E-state index >= 15 is 0 Å². The second-order valence-electron chi connectivity index (χ2n) is 5.01. The van der Waals surface area contributed by atoms with Gasteiger partial charge in [-0.3, -0.25) is 0 Å². The quantitative estimate of drug-likeness (QED) is 0.682. The Morgan fingerprint density at radius 3 is 2.64 bits per heavy atom. The molecule has 1 nitrogen and oxygen atoms in total. The summed E-state index contributed by atoms with van der Waals surface area (Å²) in [6, 6.07) is 0. The van der Waals surface area contributed by atoms with Crippen LogP contribution in [-0.2, 0) is 0 Å². The van der Waals surface area contributed by atoms with Gasteiger partial charge >= 0.3 is 0 Å². The number of hydrogen-bond acceptors (Lipinski definition) is 1. The third kappa shape index (κ3) is 4.00. The van der Waals surface area contributed by atoms with Crippen LogP contribution in [0.15, 0.2) is 0 Å². The molecule has 0 aromatic heterocycles. The SMILES string of the molecule is CCC(O)CCC1CCCCCC1C. The van der Waals surface area contributed by atoms with Crippen molar-refractivity contribution >= 4 is 0 Å². The van der Waals surface area contributed by atoms with Crippen molar-refractivity contribution in [1.82, 2.24) is 0 Å². The van der Waals surface area contributed by atoms with Crippen molar-refractivity contribution in [3.05, 3.63) is 0 Å². The second kappa shape index (κ2) is 6.44. The van der Waals surface area contributed by atoms with Crippen LogP contribution in [0.1, 0.15) is 65.2 Å². The minimum Gasteiger partial charge on any atom is -0.393 e. The van der Waals surface area contributed by atoms with Gasteiger partial charge in [0, 0.05) is 0 Å². The molecule has 0 bridgehead atoms. The van der Waals surface area contributed by atoms with E-state index in [-0.39, 0.29) is 6.10 Å². The fourth-order valence-electron chi connectivity index (χ4n) is 2.61. The third-order valence-corrected chi connectivity index (χ3v) is 3.88. The van der Waals surface area contributed by atoms with Crippen molar-refractivity contribution in [2.24, 2.45) is 11.8 Å². The lowest BCUT2D eigenvalue weighted by atomic mass is 9.85. The number of rotatable bonds is 4. The first kappa shape index (κ1) is 12.0. The molecule has 0 heterocycles. The molecule has 1 rings (SSSR count). The maximum absolute atomic E-state index is 9.55. The van der Waals surface area contributed by atoms with E-state index < -0.39 is 0 Å². The van der Waals surface area contributed by atoms with E-state index in [1.54, 1.807) is 0 Å². The Balaban J connectivity index is 2.26. The van der Waals surface area contributed by atoms with E-state index in [0.717, 1.165) is 24.7 Å². The molecule has 14 heavy (non-hydrogen) atoms. The first-order valence-corrected chi connectivity index (χ1v) is 6.42. The van der Waals surface area contributed by atoms with E-state index in [9.17, 15) is 5.11 Å². The molecule has 0 saturated heterocycles. The standard InChI is InChI=1S/C13H26O/c1-3-13(14)10-9-12-8-6-4-5-7-11(12)2/h11-14H,3-10H2,1-2H3. The van der Waals surface area contributed by atoms with Crippen LogP contribution >= 0.6 is 0 Å². The van der Waals surface area contributed by atoms with Crippen LogP contribution in [0.5, 0.6) is 0 Å². The normalized spacial score (nSPS) is 31.1. The number of aliphatic hydroxyl groups excluding tert-OH is 1. The summed E-state index contributed by atoms with van der Waals surface area (Å²) in [7, 11) is 0. The summed E-state index contributed by atoms with van der Waals surface area (Å²) in [4.78, 5) is 0. The zero-order valence-corrected chi connectivity index (χ0v) is 9.84. The molecular formula is C13H26O. The van der Waals surface area contributed by atoms with Gasteiger partial charge in [-0.05, 0) is 31.1 Å². The Hall–Kier alpha value is -0.0400. The molecule has 1 saturated carbocycles. The van der Waals surface area contributed by atoms with Crippen LogP contribution in [-0.4, -0.2) is 11.2 Å². The van der Waals surface area contributed by atoms with E-state index in [1.807, 2.05) is 0 Å². The Labute approximate surface area is 88.9 Å². The number of aliphatic hydroxyl groups is 1. The Kier molecular flexibility index (Phi) is 5.54. The summed E-state index contributed by atoms with van der Waals surface area (Å²) in [5.41, 5.74) is 0. The fraction of sp³-hybridized carbons (Fsp3) is 1.00. The highest BCUT2D eigenvalue weighted by Crippen LogP contribution is 2.31. The Morgan fingerprint density at radius 2 is 1.93 bits per heavy atom. The van der Waals surface area contributed by atoms with Gasteiger partial charge in [0.15, 0.2) is 0 Å². The smallest absolute Gasteiger partial charge is 0.0537 e. The van der Waals surface area contributed by atoms with E-state index in [0.29, 0.717) is 0 Å². The van der Waals surface area contributed by atoms with Crippen molar-refractivity contribution in [1.29, 1.82) is 0 Å². The second-order valence-corrected chi connectivity index (χ2v) is 5.01. The molecule has 1 fully saturated rings. The van der Waals surface area contributed by atoms with Crippen molar-refractivity contribution < 1.29 is 5.11 Å². The van der Waals surface area contributed by atoms with E-state index in [1.165, 1.54) is 38.5 Å². The van der Waals surface area contributed by atoms with Gasteiger partial charge < -0.3 is 5.11 Å². The number of hydrogen-bond donors (Lipinski definition) is 1. The van der Waals surface area contributed by atoms with Crippen LogP contribution in [0.25, 0.3) is 0 Å². The van der Waals surface area contributed by atoms with Crippen molar-refractivity contribution in [2.45, 2.75) is 71.3 Å². The van der Waals surface area contributed by atoms with Gasteiger partial charge in [0.2, 0.25) is 0 Å². The monoisotopic (exact) mass is 198 g/mol. The van der Waals surface area contributed by atoms with Gasteiger partial charge in [-0.25, -0.2) is 0 Å². The van der Waals surface area contributed by atoms with Crippen molar-refractivity contribution in [3.63, 3.8) is 0 Å². The summed E-state index contributed by atoms with van der Waals surface area (Å²) < 4.78 is 0. The average molecular weight is 198 g/mol. The van der Waals surface area contributed by atoms with Crippen LogP contribution in [0.4, 0.5) is 0 Å². The summed E-state index contributed by atoms with van der Waals surface area (Å²) in [6.07, 6.45) is 10.2. The first-order chi connectivity index (χ1) is 6.74. The summed E-state index contributed by atoms with van der Waals surface area (Å²) in [5, 5.41) is 9.55. The van der Waals surface area contributed by atoms with Crippen molar-refractivity contribution in [3.8, 4) is 0 Å². The van der Waals surface area contributed by atoms with Crippen LogP contribution in [0, 0.1) is 11.8 Å². The highest BCUT2D eigenvalue weighted by Gasteiger charge is 2.20. The molecule has 0 aromatic rings. The Bertz CT molecular complexity index is 144. The molecule has 0 spiro atoms. The molecule has 0 amide bonds. The summed E-state index contributed by atoms with van der Waals surface area (Å²) in [6.45, 7) is 4.47. The largest absolute Gasteiger partial charge is 0.393 e. The molecule has 1 aliphatic rings. The molecule has 3 atom stereocenters. The summed E-state index contributed by atoms with van der Waals surface area (Å²) in [5.74, 6) is 1.78. The lowest BCUT2D eigenvalue weighted by Crippen LogP contribution is -2.14. The lowest BCUT2D eigenvalue weighted by molar-refractivity contribution is 0.142.